The van der Waals surface area contributed by atoms with Crippen LogP contribution in [0.3, 0.4) is 0 Å². The Bertz CT molecular complexity index is 673. The van der Waals surface area contributed by atoms with Crippen molar-refractivity contribution < 1.29 is 9.18 Å². The highest BCUT2D eigenvalue weighted by Gasteiger charge is 2.25. The fraction of sp³-hybridized carbons (Fsp3) is 0.375. The molecule has 116 valence electrons. The molecule has 1 aliphatic rings. The van der Waals surface area contributed by atoms with Crippen LogP contribution in [0.2, 0.25) is 0 Å². The van der Waals surface area contributed by atoms with E-state index >= 15 is 0 Å². The molecule has 1 fully saturated rings. The highest BCUT2D eigenvalue weighted by Crippen LogP contribution is 2.22. The van der Waals surface area contributed by atoms with E-state index < -0.39 is 0 Å². The van der Waals surface area contributed by atoms with Crippen LogP contribution in [0.4, 0.5) is 10.1 Å². The second-order valence-corrected chi connectivity index (χ2v) is 6.59. The second kappa shape index (κ2) is 6.04. The van der Waals surface area contributed by atoms with Gasteiger partial charge >= 0.3 is 0 Å². The van der Waals surface area contributed by atoms with Gasteiger partial charge in [0.2, 0.25) is 0 Å². The van der Waals surface area contributed by atoms with Gasteiger partial charge in [-0.15, -0.1) is 11.3 Å². The van der Waals surface area contributed by atoms with Gasteiger partial charge in [0.1, 0.15) is 5.82 Å². The number of piperazine rings is 1. The van der Waals surface area contributed by atoms with E-state index in [0.29, 0.717) is 36.9 Å². The number of hydrogen-bond acceptors (Lipinski definition) is 4. The number of halogens is 1. The molecule has 0 bridgehead atoms. The monoisotopic (exact) mass is 319 g/mol. The van der Waals surface area contributed by atoms with E-state index in [1.807, 2.05) is 24.8 Å². The van der Waals surface area contributed by atoms with Crippen molar-refractivity contribution in [2.75, 3.05) is 31.1 Å². The Morgan fingerprint density at radius 2 is 1.86 bits per heavy atom. The van der Waals surface area contributed by atoms with Gasteiger partial charge in [0.15, 0.2) is 5.01 Å². The molecule has 0 N–H and O–H groups in total. The van der Waals surface area contributed by atoms with Gasteiger partial charge < -0.3 is 9.80 Å². The molecule has 2 aromatic rings. The van der Waals surface area contributed by atoms with E-state index in [0.717, 1.165) is 10.6 Å². The van der Waals surface area contributed by atoms with Gasteiger partial charge in [0.25, 0.3) is 5.91 Å². The zero-order valence-electron chi connectivity index (χ0n) is 12.7. The lowest BCUT2D eigenvalue weighted by molar-refractivity contribution is 0.0746. The molecule has 6 heteroatoms. The summed E-state index contributed by atoms with van der Waals surface area (Å²) < 4.78 is 13.8. The van der Waals surface area contributed by atoms with Gasteiger partial charge in [-0.25, -0.2) is 9.37 Å². The van der Waals surface area contributed by atoms with Crippen LogP contribution in [0.1, 0.15) is 20.4 Å². The van der Waals surface area contributed by atoms with Gasteiger partial charge in [-0.3, -0.25) is 4.79 Å². The van der Waals surface area contributed by atoms with Crippen molar-refractivity contribution in [3.8, 4) is 0 Å². The van der Waals surface area contributed by atoms with Gasteiger partial charge in [-0.2, -0.15) is 0 Å². The number of thiazole rings is 1. The summed E-state index contributed by atoms with van der Waals surface area (Å²) in [6, 6.07) is 6.76. The number of para-hydroxylation sites is 1. The quantitative estimate of drug-likeness (QED) is 0.854. The normalized spacial score (nSPS) is 15.2. The molecule has 3 rings (SSSR count). The molecule has 0 radical (unpaired) electrons. The average Bonchev–Trinajstić information content (AvgIpc) is 2.87. The van der Waals surface area contributed by atoms with Crippen molar-refractivity contribution in [3.63, 3.8) is 0 Å². The molecule has 0 unspecified atom stereocenters. The first-order valence-corrected chi connectivity index (χ1v) is 8.10. The molecule has 1 saturated heterocycles. The van der Waals surface area contributed by atoms with Crippen LogP contribution in [0.5, 0.6) is 0 Å². The number of carbonyl (C=O) groups is 1. The first-order chi connectivity index (χ1) is 10.6. The molecule has 1 aromatic carbocycles. The Morgan fingerprint density at radius 3 is 2.45 bits per heavy atom. The minimum absolute atomic E-state index is 0.0191. The molecule has 0 spiro atoms. The first kappa shape index (κ1) is 15.0. The lowest BCUT2D eigenvalue weighted by Crippen LogP contribution is -2.49. The van der Waals surface area contributed by atoms with Crippen molar-refractivity contribution in [1.82, 2.24) is 9.88 Å². The summed E-state index contributed by atoms with van der Waals surface area (Å²) in [4.78, 5) is 21.6. The van der Waals surface area contributed by atoms with Crippen molar-refractivity contribution in [2.45, 2.75) is 13.8 Å². The van der Waals surface area contributed by atoms with Gasteiger partial charge in [-0.1, -0.05) is 12.1 Å². The minimum Gasteiger partial charge on any atom is -0.366 e. The smallest absolute Gasteiger partial charge is 0.282 e. The van der Waals surface area contributed by atoms with Gasteiger partial charge in [0.05, 0.1) is 11.4 Å². The molecular formula is C16H18FN3OS. The van der Waals surface area contributed by atoms with Crippen molar-refractivity contribution in [3.05, 3.63) is 45.7 Å². The number of nitrogens with zero attached hydrogens (tertiary/aromatic N) is 3. The molecule has 4 nitrogen and oxygen atoms in total. The topological polar surface area (TPSA) is 36.4 Å². The van der Waals surface area contributed by atoms with Crippen LogP contribution in [0, 0.1) is 19.7 Å². The third-order valence-electron chi connectivity index (χ3n) is 3.97. The summed E-state index contributed by atoms with van der Waals surface area (Å²) in [5, 5.41) is 0.550. The molecular weight excluding hydrogens is 301 g/mol. The highest BCUT2D eigenvalue weighted by atomic mass is 32.1. The number of hydrogen-bond donors (Lipinski definition) is 0. The predicted octanol–water partition coefficient (Wildman–Crippen LogP) is 2.86. The zero-order chi connectivity index (χ0) is 15.7. The third-order valence-corrected chi connectivity index (χ3v) is 5.03. The van der Waals surface area contributed by atoms with E-state index in [1.165, 1.54) is 17.4 Å². The van der Waals surface area contributed by atoms with E-state index in [2.05, 4.69) is 4.98 Å². The Balaban J connectivity index is 1.67. The maximum absolute atomic E-state index is 13.8. The molecule has 0 saturated carbocycles. The largest absolute Gasteiger partial charge is 0.366 e. The molecule has 0 aliphatic carbocycles. The number of carbonyl (C=O) groups excluding carboxylic acids is 1. The maximum Gasteiger partial charge on any atom is 0.282 e. The van der Waals surface area contributed by atoms with Crippen LogP contribution >= 0.6 is 11.3 Å². The maximum atomic E-state index is 13.8. The van der Waals surface area contributed by atoms with E-state index in [9.17, 15) is 9.18 Å². The van der Waals surface area contributed by atoms with Gasteiger partial charge in [0, 0.05) is 31.1 Å². The average molecular weight is 319 g/mol. The number of amides is 1. The first-order valence-electron chi connectivity index (χ1n) is 7.29. The van der Waals surface area contributed by atoms with Crippen LogP contribution in [0.15, 0.2) is 24.3 Å². The Labute approximate surface area is 133 Å². The molecule has 22 heavy (non-hydrogen) atoms. The highest BCUT2D eigenvalue weighted by molar-refractivity contribution is 7.13. The van der Waals surface area contributed by atoms with Crippen LogP contribution in [-0.2, 0) is 0 Å². The number of benzene rings is 1. The minimum atomic E-state index is -0.214. The van der Waals surface area contributed by atoms with Gasteiger partial charge in [-0.05, 0) is 26.0 Å². The number of rotatable bonds is 2. The van der Waals surface area contributed by atoms with Crippen LogP contribution in [-0.4, -0.2) is 42.0 Å². The van der Waals surface area contributed by atoms with Crippen molar-refractivity contribution in [2.24, 2.45) is 0 Å². The summed E-state index contributed by atoms with van der Waals surface area (Å²) in [7, 11) is 0. The SMILES string of the molecule is Cc1nc(C(=O)N2CCN(c3ccccc3F)CC2)sc1C. The molecule has 1 aromatic heterocycles. The standard InChI is InChI=1S/C16H18FN3OS/c1-11-12(2)22-15(18-11)16(21)20-9-7-19(8-10-20)14-6-4-3-5-13(14)17/h3-6H,7-10H2,1-2H3. The lowest BCUT2D eigenvalue weighted by Gasteiger charge is -2.35. The van der Waals surface area contributed by atoms with E-state index in [-0.39, 0.29) is 11.7 Å². The van der Waals surface area contributed by atoms with Crippen LogP contribution in [0.25, 0.3) is 0 Å². The third kappa shape index (κ3) is 2.83. The van der Waals surface area contributed by atoms with E-state index in [4.69, 9.17) is 0 Å². The second-order valence-electron chi connectivity index (χ2n) is 5.39. The fourth-order valence-corrected chi connectivity index (χ4v) is 3.44. The van der Waals surface area contributed by atoms with E-state index in [1.54, 1.807) is 17.0 Å². The lowest BCUT2D eigenvalue weighted by atomic mass is 10.2. The Morgan fingerprint density at radius 1 is 1.18 bits per heavy atom. The molecule has 2 heterocycles. The van der Waals surface area contributed by atoms with Crippen LogP contribution < -0.4 is 4.90 Å². The molecule has 0 atom stereocenters. The summed E-state index contributed by atoms with van der Waals surface area (Å²) in [6.07, 6.45) is 0. The Hall–Kier alpha value is -1.95. The zero-order valence-corrected chi connectivity index (χ0v) is 13.5. The summed E-state index contributed by atoms with van der Waals surface area (Å²) in [5.41, 5.74) is 1.52. The number of aromatic nitrogens is 1. The summed E-state index contributed by atoms with van der Waals surface area (Å²) in [5.74, 6) is -0.233. The Kier molecular flexibility index (Phi) is 4.11. The molecule has 1 amide bonds. The summed E-state index contributed by atoms with van der Waals surface area (Å²) in [6.45, 7) is 6.33. The number of aryl methyl sites for hydroxylation is 2. The van der Waals surface area contributed by atoms with Crippen molar-refractivity contribution >= 4 is 22.9 Å². The molecule has 1 aliphatic heterocycles. The number of anilines is 1. The van der Waals surface area contributed by atoms with Crippen molar-refractivity contribution in [1.29, 1.82) is 0 Å². The fourth-order valence-electron chi connectivity index (χ4n) is 2.56. The predicted molar refractivity (Wildman–Crippen MR) is 86.1 cm³/mol. The summed E-state index contributed by atoms with van der Waals surface area (Å²) >= 11 is 1.44.